The van der Waals surface area contributed by atoms with Gasteiger partial charge in [0.1, 0.15) is 6.61 Å². The van der Waals surface area contributed by atoms with Crippen molar-refractivity contribution in [2.24, 2.45) is 34.5 Å². The van der Waals surface area contributed by atoms with E-state index < -0.39 is 53.0 Å². The Labute approximate surface area is 285 Å². The Balaban J connectivity index is 1.39. The number of esters is 3. The van der Waals surface area contributed by atoms with E-state index in [0.717, 1.165) is 0 Å². The van der Waals surface area contributed by atoms with Crippen molar-refractivity contribution in [1.29, 1.82) is 0 Å². The number of ether oxygens (including phenoxy) is 3. The fourth-order valence-electron chi connectivity index (χ4n) is 9.03. The first-order chi connectivity index (χ1) is 23.4. The minimum atomic E-state index is -2.27. The van der Waals surface area contributed by atoms with Gasteiger partial charge in [0.25, 0.3) is 0 Å². The summed E-state index contributed by atoms with van der Waals surface area (Å²) in [6.45, 7) is 7.59. The van der Waals surface area contributed by atoms with Gasteiger partial charge >= 0.3 is 17.9 Å². The van der Waals surface area contributed by atoms with Gasteiger partial charge in [0.15, 0.2) is 23.6 Å². The molecule has 0 radical (unpaired) electrons. The summed E-state index contributed by atoms with van der Waals surface area (Å²) in [5, 5.41) is 13.5. The summed E-state index contributed by atoms with van der Waals surface area (Å²) in [5.41, 5.74) is -2.47. The third-order valence-corrected chi connectivity index (χ3v) is 11.5. The van der Waals surface area contributed by atoms with E-state index in [2.05, 4.69) is 13.8 Å². The normalized spacial score (nSPS) is 32.2. The SMILES string of the molecule is CC1=CC23C(=O)C(C=C(COC(=O)c4ccccc4)C(OC(=O)c4ccccc4)C2(O)C1OC(=O)c1ccccc1)C1C(CC3C)C1(C)C. The van der Waals surface area contributed by atoms with Gasteiger partial charge in [0.2, 0.25) is 0 Å². The fraction of sp³-hybridized carbons (Fsp3) is 0.366. The maximum atomic E-state index is 15.2. The van der Waals surface area contributed by atoms with Crippen LogP contribution in [0.1, 0.15) is 65.2 Å². The maximum Gasteiger partial charge on any atom is 0.338 e. The topological polar surface area (TPSA) is 116 Å². The van der Waals surface area contributed by atoms with Gasteiger partial charge in [0.05, 0.1) is 22.1 Å². The highest BCUT2D eigenvalue weighted by atomic mass is 16.6. The van der Waals surface area contributed by atoms with Crippen LogP contribution in [0.3, 0.4) is 0 Å². The number of Topliss-reactive ketones (excluding diaryl/α,β-unsaturated/α-hetero) is 1. The summed E-state index contributed by atoms with van der Waals surface area (Å²) >= 11 is 0. The molecule has 4 aliphatic rings. The largest absolute Gasteiger partial charge is 0.457 e. The van der Waals surface area contributed by atoms with Crippen molar-refractivity contribution in [3.05, 3.63) is 131 Å². The van der Waals surface area contributed by atoms with Crippen LogP contribution in [0.15, 0.2) is 114 Å². The summed E-state index contributed by atoms with van der Waals surface area (Å²) in [6, 6.07) is 25.2. The first-order valence-electron chi connectivity index (χ1n) is 16.8. The molecule has 8 nitrogen and oxygen atoms in total. The first kappa shape index (κ1) is 32.7. The molecule has 0 aliphatic heterocycles. The lowest BCUT2D eigenvalue weighted by Crippen LogP contribution is -2.66. The zero-order chi connectivity index (χ0) is 34.7. The van der Waals surface area contributed by atoms with Gasteiger partial charge in [-0.05, 0) is 78.5 Å². The van der Waals surface area contributed by atoms with E-state index in [1.807, 2.05) is 6.92 Å². The molecule has 1 N–H and O–H groups in total. The smallest absolute Gasteiger partial charge is 0.338 e. The predicted octanol–water partition coefficient (Wildman–Crippen LogP) is 6.41. The van der Waals surface area contributed by atoms with Crippen molar-refractivity contribution in [3.8, 4) is 0 Å². The molecule has 49 heavy (non-hydrogen) atoms. The molecule has 1 spiro atoms. The minimum Gasteiger partial charge on any atom is -0.457 e. The van der Waals surface area contributed by atoms with Gasteiger partial charge in [-0.25, -0.2) is 14.4 Å². The third kappa shape index (κ3) is 5.07. The Morgan fingerprint density at radius 3 is 1.80 bits per heavy atom. The summed E-state index contributed by atoms with van der Waals surface area (Å²) in [7, 11) is 0. The summed E-state index contributed by atoms with van der Waals surface area (Å²) < 4.78 is 18.3. The average Bonchev–Trinajstić information content (AvgIpc) is 3.61. The van der Waals surface area contributed by atoms with Crippen LogP contribution in [0.25, 0.3) is 0 Å². The molecule has 252 valence electrons. The fourth-order valence-corrected chi connectivity index (χ4v) is 9.03. The van der Waals surface area contributed by atoms with E-state index in [1.165, 1.54) is 0 Å². The number of fused-ring (bicyclic) bond motifs is 3. The van der Waals surface area contributed by atoms with Crippen molar-refractivity contribution < 1.29 is 38.5 Å². The highest BCUT2D eigenvalue weighted by molar-refractivity contribution is 5.97. The van der Waals surface area contributed by atoms with Crippen molar-refractivity contribution >= 4 is 23.7 Å². The highest BCUT2D eigenvalue weighted by Crippen LogP contribution is 2.72. The first-order valence-corrected chi connectivity index (χ1v) is 16.8. The molecule has 8 atom stereocenters. The van der Waals surface area contributed by atoms with Crippen molar-refractivity contribution in [1.82, 2.24) is 0 Å². The van der Waals surface area contributed by atoms with Gasteiger partial charge < -0.3 is 19.3 Å². The lowest BCUT2D eigenvalue weighted by Gasteiger charge is -2.49. The highest BCUT2D eigenvalue weighted by Gasteiger charge is 2.77. The lowest BCUT2D eigenvalue weighted by atomic mass is 9.59. The summed E-state index contributed by atoms with van der Waals surface area (Å²) in [6.07, 6.45) is 1.25. The molecular formula is C41H40O8. The van der Waals surface area contributed by atoms with Gasteiger partial charge in [-0.15, -0.1) is 0 Å². The Morgan fingerprint density at radius 2 is 1.27 bits per heavy atom. The maximum absolute atomic E-state index is 15.2. The van der Waals surface area contributed by atoms with Gasteiger partial charge in [-0.1, -0.05) is 87.5 Å². The lowest BCUT2D eigenvalue weighted by molar-refractivity contribution is -0.191. The standard InChI is InChI=1S/C41H40O8/c1-24-22-40-25(2)20-31-32(39(31,3)4)30(33(40)42)21-29(23-47-36(43)26-14-8-5-9-15-26)35(49-38(45)28-18-12-7-13-19-28)41(40,46)34(24)48-37(44)27-16-10-6-11-17-27/h5-19,21-22,25,30-32,34-35,46H,20,23H2,1-4H3. The average molecular weight is 661 g/mol. The van der Waals surface area contributed by atoms with Crippen LogP contribution < -0.4 is 0 Å². The molecule has 2 saturated carbocycles. The number of allylic oxidation sites excluding steroid dienone is 1. The van der Waals surface area contributed by atoms with Crippen LogP contribution in [0.5, 0.6) is 0 Å². The number of benzene rings is 3. The van der Waals surface area contributed by atoms with Gasteiger partial charge in [0, 0.05) is 11.5 Å². The van der Waals surface area contributed by atoms with Crippen molar-refractivity contribution in [2.45, 2.75) is 51.9 Å². The molecule has 0 amide bonds. The predicted molar refractivity (Wildman–Crippen MR) is 180 cm³/mol. The molecule has 7 rings (SSSR count). The molecule has 8 unspecified atom stereocenters. The zero-order valence-corrected chi connectivity index (χ0v) is 28.0. The molecule has 4 aliphatic carbocycles. The Bertz CT molecular complexity index is 1860. The Hall–Kier alpha value is -4.82. The van der Waals surface area contributed by atoms with E-state index >= 15 is 4.79 Å². The van der Waals surface area contributed by atoms with Crippen LogP contribution in [0.4, 0.5) is 0 Å². The Morgan fingerprint density at radius 1 is 0.776 bits per heavy atom. The molecule has 8 heteroatoms. The van der Waals surface area contributed by atoms with Gasteiger partial charge in [-0.3, -0.25) is 4.79 Å². The Kier molecular flexibility index (Phi) is 7.98. The molecule has 3 aromatic rings. The van der Waals surface area contributed by atoms with Crippen LogP contribution >= 0.6 is 0 Å². The number of carbonyl (C=O) groups excluding carboxylic acids is 4. The van der Waals surface area contributed by atoms with E-state index in [0.29, 0.717) is 17.6 Å². The van der Waals surface area contributed by atoms with Crippen molar-refractivity contribution in [3.63, 3.8) is 0 Å². The van der Waals surface area contributed by atoms with E-state index in [-0.39, 0.29) is 46.3 Å². The molecular weight excluding hydrogens is 620 g/mol. The van der Waals surface area contributed by atoms with E-state index in [1.54, 1.807) is 110 Å². The monoisotopic (exact) mass is 660 g/mol. The number of rotatable bonds is 7. The molecule has 2 bridgehead atoms. The number of hydrogen-bond acceptors (Lipinski definition) is 8. The molecule has 2 fully saturated rings. The van der Waals surface area contributed by atoms with Crippen LogP contribution in [-0.4, -0.2) is 53.2 Å². The zero-order valence-electron chi connectivity index (χ0n) is 28.0. The molecule has 3 aromatic carbocycles. The second-order valence-electron chi connectivity index (χ2n) is 14.5. The van der Waals surface area contributed by atoms with E-state index in [9.17, 15) is 19.5 Å². The second-order valence-corrected chi connectivity index (χ2v) is 14.5. The molecule has 0 aromatic heterocycles. The quantitative estimate of drug-likeness (QED) is 0.176. The van der Waals surface area contributed by atoms with E-state index in [4.69, 9.17) is 14.2 Å². The second kappa shape index (κ2) is 11.9. The summed E-state index contributed by atoms with van der Waals surface area (Å²) in [4.78, 5) is 56.0. The molecule has 0 heterocycles. The molecule has 0 saturated heterocycles. The number of aliphatic hydroxyl groups is 1. The van der Waals surface area contributed by atoms with Crippen LogP contribution in [0.2, 0.25) is 0 Å². The van der Waals surface area contributed by atoms with Crippen molar-refractivity contribution in [2.75, 3.05) is 6.61 Å². The van der Waals surface area contributed by atoms with Crippen LogP contribution in [0, 0.1) is 34.5 Å². The van der Waals surface area contributed by atoms with Gasteiger partial charge in [-0.2, -0.15) is 0 Å². The van der Waals surface area contributed by atoms with Crippen LogP contribution in [-0.2, 0) is 19.0 Å². The summed E-state index contributed by atoms with van der Waals surface area (Å²) in [5.74, 6) is -3.22. The third-order valence-electron chi connectivity index (χ3n) is 11.5. The minimum absolute atomic E-state index is 0.0471. The number of hydrogen-bond donors (Lipinski definition) is 1. The number of carbonyl (C=O) groups is 4. The number of ketones is 1.